The van der Waals surface area contributed by atoms with Crippen molar-refractivity contribution in [3.05, 3.63) is 15.9 Å². The second-order valence-electron chi connectivity index (χ2n) is 4.14. The monoisotopic (exact) mass is 325 g/mol. The lowest BCUT2D eigenvalue weighted by Crippen LogP contribution is -2.33. The van der Waals surface area contributed by atoms with Gasteiger partial charge in [0.25, 0.3) is 10.0 Å². The molecule has 1 fully saturated rings. The van der Waals surface area contributed by atoms with E-state index in [9.17, 15) is 13.5 Å². The number of rotatable bonds is 2. The first-order valence-corrected chi connectivity index (χ1v) is 7.90. The number of sulfonamides is 1. The van der Waals surface area contributed by atoms with E-state index >= 15 is 0 Å². The van der Waals surface area contributed by atoms with Gasteiger partial charge in [-0.3, -0.25) is 0 Å². The fraction of sp³-hybridized carbons (Fsp3) is 0.556. The maximum absolute atomic E-state index is 12.2. The van der Waals surface area contributed by atoms with Crippen LogP contribution in [0.1, 0.15) is 13.3 Å². The normalized spacial score (nSPS) is 27.4. The van der Waals surface area contributed by atoms with E-state index in [2.05, 4.69) is 15.9 Å². The minimum absolute atomic E-state index is 0.166. The van der Waals surface area contributed by atoms with Crippen molar-refractivity contribution >= 4 is 37.3 Å². The minimum Gasteiger partial charge on any atom is -0.389 e. The smallest absolute Gasteiger partial charge is 0.253 e. The molecule has 16 heavy (non-hydrogen) atoms. The van der Waals surface area contributed by atoms with Crippen LogP contribution in [0.5, 0.6) is 0 Å². The Morgan fingerprint density at radius 3 is 2.75 bits per heavy atom. The topological polar surface area (TPSA) is 57.6 Å². The van der Waals surface area contributed by atoms with Crippen molar-refractivity contribution in [1.29, 1.82) is 0 Å². The van der Waals surface area contributed by atoms with E-state index in [1.165, 1.54) is 15.6 Å². The number of nitrogens with zero attached hydrogens (tertiary/aromatic N) is 1. The molecule has 0 aliphatic carbocycles. The summed E-state index contributed by atoms with van der Waals surface area (Å²) in [5, 5.41) is 11.5. The molecule has 1 N–H and O–H groups in total. The fourth-order valence-electron chi connectivity index (χ4n) is 1.69. The molecule has 1 aliphatic heterocycles. The molecule has 0 spiro atoms. The third-order valence-corrected chi connectivity index (χ3v) is 7.07. The Kier molecular flexibility index (Phi) is 3.17. The molecule has 0 saturated carbocycles. The third kappa shape index (κ3) is 2.19. The van der Waals surface area contributed by atoms with E-state index in [4.69, 9.17) is 0 Å². The Hall–Kier alpha value is 0.0500. The van der Waals surface area contributed by atoms with Gasteiger partial charge in [-0.05, 0) is 40.7 Å². The number of hydrogen-bond donors (Lipinski definition) is 1. The molecule has 7 heteroatoms. The highest BCUT2D eigenvalue weighted by molar-refractivity contribution is 9.10. The summed E-state index contributed by atoms with van der Waals surface area (Å²) in [5.74, 6) is 0. The zero-order valence-electron chi connectivity index (χ0n) is 8.68. The van der Waals surface area contributed by atoms with Crippen molar-refractivity contribution in [3.63, 3.8) is 0 Å². The van der Waals surface area contributed by atoms with Crippen LogP contribution in [-0.4, -0.2) is 36.5 Å². The van der Waals surface area contributed by atoms with Gasteiger partial charge in [-0.15, -0.1) is 11.3 Å². The van der Waals surface area contributed by atoms with Crippen molar-refractivity contribution in [2.24, 2.45) is 0 Å². The first-order chi connectivity index (χ1) is 7.33. The van der Waals surface area contributed by atoms with E-state index in [-0.39, 0.29) is 6.54 Å². The van der Waals surface area contributed by atoms with Crippen LogP contribution in [0.3, 0.4) is 0 Å². The molecule has 0 aromatic carbocycles. The summed E-state index contributed by atoms with van der Waals surface area (Å²) in [4.78, 5) is 0. The lowest BCUT2D eigenvalue weighted by molar-refractivity contribution is 0.0762. The van der Waals surface area contributed by atoms with Gasteiger partial charge < -0.3 is 5.11 Å². The number of halogens is 1. The van der Waals surface area contributed by atoms with Crippen LogP contribution >= 0.6 is 27.3 Å². The van der Waals surface area contributed by atoms with Crippen LogP contribution in [0.15, 0.2) is 20.1 Å². The lowest BCUT2D eigenvalue weighted by atomic mass is 10.1. The van der Waals surface area contributed by atoms with Gasteiger partial charge in [0, 0.05) is 17.6 Å². The van der Waals surface area contributed by atoms with Crippen molar-refractivity contribution < 1.29 is 13.5 Å². The van der Waals surface area contributed by atoms with E-state index in [1.54, 1.807) is 18.4 Å². The van der Waals surface area contributed by atoms with Crippen molar-refractivity contribution in [2.45, 2.75) is 23.2 Å². The highest BCUT2D eigenvalue weighted by atomic mass is 79.9. The highest BCUT2D eigenvalue weighted by Gasteiger charge is 2.39. The van der Waals surface area contributed by atoms with Crippen molar-refractivity contribution in [1.82, 2.24) is 4.31 Å². The Balaban J connectivity index is 2.32. The first-order valence-electron chi connectivity index (χ1n) is 4.78. The van der Waals surface area contributed by atoms with Gasteiger partial charge in [-0.2, -0.15) is 4.31 Å². The Morgan fingerprint density at radius 1 is 1.62 bits per heavy atom. The SMILES string of the molecule is CC1(O)CCN(S(=O)(=O)c2sccc2Br)C1. The van der Waals surface area contributed by atoms with Crippen LogP contribution in [0.2, 0.25) is 0 Å². The Labute approximate surface area is 107 Å². The molecular formula is C9H12BrNO3S2. The van der Waals surface area contributed by atoms with Crippen LogP contribution < -0.4 is 0 Å². The van der Waals surface area contributed by atoms with E-state index in [0.29, 0.717) is 21.6 Å². The molecule has 1 saturated heterocycles. The number of hydrogen-bond acceptors (Lipinski definition) is 4. The molecule has 1 aromatic rings. The average molecular weight is 326 g/mol. The fourth-order valence-corrected chi connectivity index (χ4v) is 5.70. The molecule has 0 bridgehead atoms. The van der Waals surface area contributed by atoms with Gasteiger partial charge in [0.1, 0.15) is 4.21 Å². The van der Waals surface area contributed by atoms with E-state index in [1.807, 2.05) is 0 Å². The quantitative estimate of drug-likeness (QED) is 0.899. The summed E-state index contributed by atoms with van der Waals surface area (Å²) in [7, 11) is -3.45. The number of β-amino-alcohol motifs (C(OH)–C–C–N with tert-alkyl or cyclic N) is 1. The molecular weight excluding hydrogens is 314 g/mol. The summed E-state index contributed by atoms with van der Waals surface area (Å²) in [5.41, 5.74) is -0.906. The van der Waals surface area contributed by atoms with Gasteiger partial charge in [0.2, 0.25) is 0 Å². The maximum Gasteiger partial charge on any atom is 0.253 e. The molecule has 2 rings (SSSR count). The van der Waals surface area contributed by atoms with Gasteiger partial charge in [-0.25, -0.2) is 8.42 Å². The summed E-state index contributed by atoms with van der Waals surface area (Å²) < 4.78 is 26.6. The summed E-state index contributed by atoms with van der Waals surface area (Å²) in [6.45, 7) is 2.20. The van der Waals surface area contributed by atoms with Gasteiger partial charge in [0.05, 0.1) is 5.60 Å². The molecule has 0 radical (unpaired) electrons. The van der Waals surface area contributed by atoms with Crippen LogP contribution in [0, 0.1) is 0 Å². The maximum atomic E-state index is 12.2. The average Bonchev–Trinajstić information content (AvgIpc) is 2.72. The largest absolute Gasteiger partial charge is 0.389 e. The Morgan fingerprint density at radius 2 is 2.31 bits per heavy atom. The Bertz CT molecular complexity index is 495. The predicted molar refractivity (Wildman–Crippen MR) is 66.0 cm³/mol. The van der Waals surface area contributed by atoms with Crippen molar-refractivity contribution in [3.8, 4) is 0 Å². The third-order valence-electron chi connectivity index (χ3n) is 2.58. The zero-order chi connectivity index (χ0) is 12.0. The highest BCUT2D eigenvalue weighted by Crippen LogP contribution is 2.33. The molecule has 4 nitrogen and oxygen atoms in total. The predicted octanol–water partition coefficient (Wildman–Crippen LogP) is 1.66. The van der Waals surface area contributed by atoms with Crippen LogP contribution in [-0.2, 0) is 10.0 Å². The lowest BCUT2D eigenvalue weighted by Gasteiger charge is -2.18. The minimum atomic E-state index is -3.45. The van der Waals surface area contributed by atoms with Crippen LogP contribution in [0.4, 0.5) is 0 Å². The van der Waals surface area contributed by atoms with E-state index < -0.39 is 15.6 Å². The second-order valence-corrected chi connectivity index (χ2v) is 8.05. The van der Waals surface area contributed by atoms with E-state index in [0.717, 1.165) is 0 Å². The first kappa shape index (κ1) is 12.5. The van der Waals surface area contributed by atoms with Gasteiger partial charge in [0.15, 0.2) is 0 Å². The number of thiophene rings is 1. The summed E-state index contributed by atoms with van der Waals surface area (Å²) >= 11 is 4.41. The van der Waals surface area contributed by atoms with Crippen LogP contribution in [0.25, 0.3) is 0 Å². The molecule has 1 aliphatic rings. The van der Waals surface area contributed by atoms with Gasteiger partial charge in [-0.1, -0.05) is 0 Å². The molecule has 90 valence electrons. The second kappa shape index (κ2) is 4.06. The van der Waals surface area contributed by atoms with Crippen molar-refractivity contribution in [2.75, 3.05) is 13.1 Å². The molecule has 0 amide bonds. The van der Waals surface area contributed by atoms with Gasteiger partial charge >= 0.3 is 0 Å². The summed E-state index contributed by atoms with van der Waals surface area (Å²) in [6.07, 6.45) is 0.481. The zero-order valence-corrected chi connectivity index (χ0v) is 11.9. The molecule has 2 heterocycles. The summed E-state index contributed by atoms with van der Waals surface area (Å²) in [6, 6.07) is 1.71. The molecule has 1 aromatic heterocycles. The standard InChI is InChI=1S/C9H12BrNO3S2/c1-9(12)3-4-11(6-9)16(13,14)8-7(10)2-5-15-8/h2,5,12H,3-4,6H2,1H3. The number of aliphatic hydroxyl groups is 1. The molecule has 1 atom stereocenters. The molecule has 1 unspecified atom stereocenters.